The van der Waals surface area contributed by atoms with Crippen LogP contribution in [0.2, 0.25) is 0 Å². The Morgan fingerprint density at radius 3 is 2.39 bits per heavy atom. The number of hydrogen-bond donors (Lipinski definition) is 1. The van der Waals surface area contributed by atoms with Gasteiger partial charge in [0.2, 0.25) is 0 Å². The van der Waals surface area contributed by atoms with Crippen LogP contribution in [0.4, 0.5) is 5.69 Å². The van der Waals surface area contributed by atoms with E-state index in [2.05, 4.69) is 9.71 Å². The molecule has 0 unspecified atom stereocenters. The summed E-state index contributed by atoms with van der Waals surface area (Å²) in [7, 11) is -3.88. The molecule has 1 aliphatic rings. The predicted molar refractivity (Wildman–Crippen MR) is 135 cm³/mol. The lowest BCUT2D eigenvalue weighted by molar-refractivity contribution is -0.154. The molecule has 1 N–H and O–H groups in total. The average Bonchev–Trinajstić information content (AvgIpc) is 2.86. The largest absolute Gasteiger partial charge is 0.458 e. The fraction of sp³-hybridized carbons (Fsp3) is 0.148. The molecule has 0 spiro atoms. The standard InChI is InChI=1S/C27H23N3O5S/c31-25(16-19-6-2-1-3-7-19)35-23-17-30(18-23)27(32)21-11-13-22(14-12-21)29-36(33,34)24-10-4-8-20-9-5-15-28-26(20)24/h1-15,23,29H,16-18H2. The zero-order valence-corrected chi connectivity index (χ0v) is 20.0. The monoisotopic (exact) mass is 501 g/mol. The van der Waals surface area contributed by atoms with Crippen molar-refractivity contribution in [3.8, 4) is 0 Å². The number of nitrogens with one attached hydrogen (secondary N) is 1. The Morgan fingerprint density at radius 1 is 0.917 bits per heavy atom. The summed E-state index contributed by atoms with van der Waals surface area (Å²) in [5.74, 6) is -0.533. The van der Waals surface area contributed by atoms with Crippen molar-refractivity contribution in [2.75, 3.05) is 17.8 Å². The number of hydrogen-bond acceptors (Lipinski definition) is 6. The van der Waals surface area contributed by atoms with Crippen molar-refractivity contribution in [3.05, 3.63) is 102 Å². The molecule has 3 aromatic carbocycles. The van der Waals surface area contributed by atoms with E-state index in [4.69, 9.17) is 4.74 Å². The van der Waals surface area contributed by atoms with Gasteiger partial charge in [0.15, 0.2) is 0 Å². The van der Waals surface area contributed by atoms with Gasteiger partial charge in [0.05, 0.1) is 25.0 Å². The quantitative estimate of drug-likeness (QED) is 0.388. The lowest BCUT2D eigenvalue weighted by Crippen LogP contribution is -2.55. The van der Waals surface area contributed by atoms with Crippen LogP contribution in [-0.2, 0) is 26.0 Å². The van der Waals surface area contributed by atoms with Crippen molar-refractivity contribution in [3.63, 3.8) is 0 Å². The van der Waals surface area contributed by atoms with E-state index in [9.17, 15) is 18.0 Å². The zero-order valence-electron chi connectivity index (χ0n) is 19.2. The maximum atomic E-state index is 13.0. The maximum Gasteiger partial charge on any atom is 0.310 e. The first kappa shape index (κ1) is 23.5. The summed E-state index contributed by atoms with van der Waals surface area (Å²) in [5, 5.41) is 0.722. The first-order chi connectivity index (χ1) is 17.4. The first-order valence-corrected chi connectivity index (χ1v) is 12.9. The average molecular weight is 502 g/mol. The molecule has 1 aliphatic heterocycles. The fourth-order valence-corrected chi connectivity index (χ4v) is 5.27. The highest BCUT2D eigenvalue weighted by Crippen LogP contribution is 2.24. The number of carbonyl (C=O) groups excluding carboxylic acids is 2. The van der Waals surface area contributed by atoms with Crippen molar-refractivity contribution in [1.82, 2.24) is 9.88 Å². The minimum Gasteiger partial charge on any atom is -0.458 e. The van der Waals surface area contributed by atoms with Gasteiger partial charge >= 0.3 is 5.97 Å². The number of ether oxygens (including phenoxy) is 1. The third-order valence-electron chi connectivity index (χ3n) is 5.89. The second-order valence-corrected chi connectivity index (χ2v) is 10.1. The van der Waals surface area contributed by atoms with Crippen molar-refractivity contribution in [2.24, 2.45) is 0 Å². The van der Waals surface area contributed by atoms with Gasteiger partial charge in [0.25, 0.3) is 15.9 Å². The summed E-state index contributed by atoms with van der Waals surface area (Å²) in [4.78, 5) is 30.7. The van der Waals surface area contributed by atoms with E-state index < -0.39 is 10.0 Å². The number of likely N-dealkylation sites (tertiary alicyclic amines) is 1. The fourth-order valence-electron chi connectivity index (χ4n) is 4.04. The maximum absolute atomic E-state index is 13.0. The SMILES string of the molecule is O=C(Cc1ccccc1)OC1CN(C(=O)c2ccc(NS(=O)(=O)c3cccc4cccnc34)cc2)C1. The molecule has 182 valence electrons. The normalized spacial score (nSPS) is 13.7. The highest BCUT2D eigenvalue weighted by Gasteiger charge is 2.34. The van der Waals surface area contributed by atoms with Gasteiger partial charge in [0.1, 0.15) is 11.0 Å². The van der Waals surface area contributed by atoms with Gasteiger partial charge < -0.3 is 9.64 Å². The Bertz CT molecular complexity index is 1510. The molecule has 1 saturated heterocycles. The Morgan fingerprint density at radius 2 is 1.64 bits per heavy atom. The number of anilines is 1. The Labute approximate surface area is 208 Å². The molecule has 0 aliphatic carbocycles. The molecule has 0 atom stereocenters. The van der Waals surface area contributed by atoms with E-state index in [1.54, 1.807) is 59.6 Å². The van der Waals surface area contributed by atoms with Crippen LogP contribution in [0, 0.1) is 0 Å². The molecule has 5 rings (SSSR count). The summed E-state index contributed by atoms with van der Waals surface area (Å²) in [6.45, 7) is 0.643. The van der Waals surface area contributed by atoms with Crippen LogP contribution >= 0.6 is 0 Å². The number of sulfonamides is 1. The number of carbonyl (C=O) groups is 2. The van der Waals surface area contributed by atoms with Gasteiger partial charge in [-0.2, -0.15) is 0 Å². The van der Waals surface area contributed by atoms with Crippen LogP contribution in [0.5, 0.6) is 0 Å². The minimum absolute atomic E-state index is 0.0779. The molecule has 9 heteroatoms. The van der Waals surface area contributed by atoms with Gasteiger partial charge in [-0.15, -0.1) is 0 Å². The lowest BCUT2D eigenvalue weighted by atomic mass is 10.1. The van der Waals surface area contributed by atoms with Gasteiger partial charge in [-0.05, 0) is 42.0 Å². The van der Waals surface area contributed by atoms with Crippen LogP contribution in [0.25, 0.3) is 10.9 Å². The molecule has 2 heterocycles. The number of esters is 1. The van der Waals surface area contributed by atoms with E-state index in [0.29, 0.717) is 29.9 Å². The summed E-state index contributed by atoms with van der Waals surface area (Å²) < 4.78 is 33.9. The van der Waals surface area contributed by atoms with Crippen LogP contribution in [0.15, 0.2) is 96.0 Å². The summed E-state index contributed by atoms with van der Waals surface area (Å²) >= 11 is 0. The number of benzene rings is 3. The Kier molecular flexibility index (Phi) is 6.39. The first-order valence-electron chi connectivity index (χ1n) is 11.4. The van der Waals surface area contributed by atoms with Crippen LogP contribution in [-0.4, -0.2) is 49.4 Å². The number of nitrogens with zero attached hydrogens (tertiary/aromatic N) is 2. The van der Waals surface area contributed by atoms with E-state index in [0.717, 1.165) is 10.9 Å². The summed E-state index contributed by atoms with van der Waals surface area (Å²) in [5.41, 5.74) is 2.01. The number of aromatic nitrogens is 1. The van der Waals surface area contributed by atoms with Crippen molar-refractivity contribution >= 4 is 38.5 Å². The van der Waals surface area contributed by atoms with Crippen LogP contribution in [0.1, 0.15) is 15.9 Å². The number of amides is 1. The Hall–Kier alpha value is -4.24. The number of pyridine rings is 1. The van der Waals surface area contributed by atoms with Crippen LogP contribution < -0.4 is 4.72 Å². The molecule has 0 radical (unpaired) electrons. The molecule has 1 fully saturated rings. The molecule has 0 saturated carbocycles. The molecular weight excluding hydrogens is 478 g/mol. The van der Waals surface area contributed by atoms with Gasteiger partial charge in [-0.3, -0.25) is 19.3 Å². The molecule has 36 heavy (non-hydrogen) atoms. The number of para-hydroxylation sites is 1. The van der Waals surface area contributed by atoms with Crippen molar-refractivity contribution in [2.45, 2.75) is 17.4 Å². The van der Waals surface area contributed by atoms with E-state index in [1.165, 1.54) is 6.07 Å². The summed E-state index contributed by atoms with van der Waals surface area (Å²) in [6.07, 6.45) is 1.41. The zero-order chi connectivity index (χ0) is 25.1. The molecule has 1 aromatic heterocycles. The van der Waals surface area contributed by atoms with Crippen molar-refractivity contribution in [1.29, 1.82) is 0 Å². The van der Waals surface area contributed by atoms with E-state index in [-0.39, 0.29) is 29.3 Å². The third kappa shape index (κ3) is 5.06. The third-order valence-corrected chi connectivity index (χ3v) is 7.31. The lowest BCUT2D eigenvalue weighted by Gasteiger charge is -2.38. The van der Waals surface area contributed by atoms with Gasteiger partial charge in [0, 0.05) is 22.8 Å². The summed E-state index contributed by atoms with van der Waals surface area (Å²) in [6, 6.07) is 24.1. The topological polar surface area (TPSA) is 106 Å². The highest BCUT2D eigenvalue weighted by atomic mass is 32.2. The molecule has 0 bridgehead atoms. The van der Waals surface area contributed by atoms with E-state index >= 15 is 0 Å². The second kappa shape index (κ2) is 9.79. The van der Waals surface area contributed by atoms with Crippen LogP contribution in [0.3, 0.4) is 0 Å². The van der Waals surface area contributed by atoms with Gasteiger partial charge in [-0.1, -0.05) is 48.5 Å². The molecular formula is C27H23N3O5S. The number of fused-ring (bicyclic) bond motifs is 1. The number of rotatable bonds is 7. The minimum atomic E-state index is -3.88. The second-order valence-electron chi connectivity index (χ2n) is 8.50. The molecule has 1 amide bonds. The van der Waals surface area contributed by atoms with E-state index in [1.807, 2.05) is 30.3 Å². The highest BCUT2D eigenvalue weighted by molar-refractivity contribution is 7.93. The molecule has 8 nitrogen and oxygen atoms in total. The smallest absolute Gasteiger partial charge is 0.310 e. The van der Waals surface area contributed by atoms with Gasteiger partial charge in [-0.25, -0.2) is 8.42 Å². The Balaban J connectivity index is 1.17. The van der Waals surface area contributed by atoms with Crippen molar-refractivity contribution < 1.29 is 22.7 Å². The predicted octanol–water partition coefficient (Wildman–Crippen LogP) is 3.65. The molecule has 4 aromatic rings.